The molecule has 1 amide bonds. The van der Waals surface area contributed by atoms with Gasteiger partial charge in [-0.1, -0.05) is 29.8 Å². The second-order valence-electron chi connectivity index (χ2n) is 4.34. The van der Waals surface area contributed by atoms with Crippen LogP contribution in [-0.2, 0) is 11.3 Å². The lowest BCUT2D eigenvalue weighted by Crippen LogP contribution is -2.15. The summed E-state index contributed by atoms with van der Waals surface area (Å²) in [6.45, 7) is -0.0803. The molecule has 0 radical (unpaired) electrons. The zero-order chi connectivity index (χ0) is 15.4. The Morgan fingerprint density at radius 1 is 1.10 bits per heavy atom. The molecular formula is C15H13ClN2O3. The van der Waals surface area contributed by atoms with Gasteiger partial charge in [0.15, 0.2) is 0 Å². The number of primary amides is 1. The summed E-state index contributed by atoms with van der Waals surface area (Å²) in [6.07, 6.45) is 0. The Bertz CT molecular complexity index is 701. The third kappa shape index (κ3) is 3.52. The molecule has 21 heavy (non-hydrogen) atoms. The molecule has 108 valence electrons. The zero-order valence-corrected chi connectivity index (χ0v) is 11.8. The highest BCUT2D eigenvalue weighted by Gasteiger charge is 2.14. The van der Waals surface area contributed by atoms with Crippen molar-refractivity contribution < 1.29 is 14.3 Å². The van der Waals surface area contributed by atoms with Gasteiger partial charge in [-0.2, -0.15) is 0 Å². The summed E-state index contributed by atoms with van der Waals surface area (Å²) in [7, 11) is 0. The largest absolute Gasteiger partial charge is 0.457 e. The predicted octanol–water partition coefficient (Wildman–Crippen LogP) is 2.38. The summed E-state index contributed by atoms with van der Waals surface area (Å²) >= 11 is 5.92. The first-order chi connectivity index (χ1) is 9.99. The standard InChI is InChI=1S/C15H13ClN2O3/c16-13-6-5-10(17)7-12(13)15(20)21-8-9-3-1-2-4-11(9)14(18)19/h1-7H,8,17H2,(H2,18,19). The number of nitrogens with two attached hydrogens (primary N) is 2. The molecule has 0 heterocycles. The molecule has 2 rings (SSSR count). The first-order valence-corrected chi connectivity index (χ1v) is 6.46. The molecule has 5 nitrogen and oxygen atoms in total. The highest BCUT2D eigenvalue weighted by atomic mass is 35.5. The normalized spacial score (nSPS) is 10.1. The summed E-state index contributed by atoms with van der Waals surface area (Å²) in [6, 6.07) is 11.2. The lowest BCUT2D eigenvalue weighted by Gasteiger charge is -2.09. The van der Waals surface area contributed by atoms with Gasteiger partial charge in [-0.25, -0.2) is 4.79 Å². The average molecular weight is 305 g/mol. The molecule has 4 N–H and O–H groups in total. The van der Waals surface area contributed by atoms with Crippen molar-refractivity contribution in [3.05, 3.63) is 64.2 Å². The van der Waals surface area contributed by atoms with Crippen molar-refractivity contribution in [2.45, 2.75) is 6.61 Å². The van der Waals surface area contributed by atoms with Gasteiger partial charge in [-0.15, -0.1) is 0 Å². The van der Waals surface area contributed by atoms with Crippen molar-refractivity contribution >= 4 is 29.2 Å². The van der Waals surface area contributed by atoms with Crippen LogP contribution in [0.4, 0.5) is 5.69 Å². The van der Waals surface area contributed by atoms with Crippen LogP contribution in [0, 0.1) is 0 Å². The Morgan fingerprint density at radius 2 is 1.81 bits per heavy atom. The van der Waals surface area contributed by atoms with Crippen LogP contribution in [0.5, 0.6) is 0 Å². The van der Waals surface area contributed by atoms with E-state index in [1.807, 2.05) is 0 Å². The van der Waals surface area contributed by atoms with Gasteiger partial charge in [-0.05, 0) is 24.3 Å². The van der Waals surface area contributed by atoms with E-state index in [-0.39, 0.29) is 17.2 Å². The Labute approximate surface area is 126 Å². The third-order valence-electron chi connectivity index (χ3n) is 2.85. The molecule has 0 saturated carbocycles. The van der Waals surface area contributed by atoms with Gasteiger partial charge in [0.1, 0.15) is 6.61 Å². The molecule has 0 aromatic heterocycles. The summed E-state index contributed by atoms with van der Waals surface area (Å²) in [5.41, 5.74) is 12.3. The molecule has 0 spiro atoms. The zero-order valence-electron chi connectivity index (χ0n) is 11.0. The number of rotatable bonds is 4. The topological polar surface area (TPSA) is 95.4 Å². The second-order valence-corrected chi connectivity index (χ2v) is 4.74. The van der Waals surface area contributed by atoms with Crippen LogP contribution in [-0.4, -0.2) is 11.9 Å². The van der Waals surface area contributed by atoms with Gasteiger partial charge in [-0.3, -0.25) is 4.79 Å². The highest BCUT2D eigenvalue weighted by molar-refractivity contribution is 6.33. The maximum Gasteiger partial charge on any atom is 0.340 e. The molecule has 0 aliphatic carbocycles. The third-order valence-corrected chi connectivity index (χ3v) is 3.18. The monoisotopic (exact) mass is 304 g/mol. The van der Waals surface area contributed by atoms with Crippen LogP contribution in [0.3, 0.4) is 0 Å². The summed E-state index contributed by atoms with van der Waals surface area (Å²) in [5.74, 6) is -1.20. The van der Waals surface area contributed by atoms with E-state index in [4.69, 9.17) is 27.8 Å². The fourth-order valence-corrected chi connectivity index (χ4v) is 2.00. The van der Waals surface area contributed by atoms with E-state index < -0.39 is 11.9 Å². The molecule has 0 saturated heterocycles. The highest BCUT2D eigenvalue weighted by Crippen LogP contribution is 2.20. The number of nitrogen functional groups attached to an aromatic ring is 1. The van der Waals surface area contributed by atoms with Crippen LogP contribution < -0.4 is 11.5 Å². The molecule has 2 aromatic carbocycles. The van der Waals surface area contributed by atoms with Crippen molar-refractivity contribution in [2.75, 3.05) is 5.73 Å². The van der Waals surface area contributed by atoms with Crippen LogP contribution in [0.1, 0.15) is 26.3 Å². The van der Waals surface area contributed by atoms with Gasteiger partial charge in [0, 0.05) is 16.8 Å². The number of anilines is 1. The lowest BCUT2D eigenvalue weighted by atomic mass is 10.1. The van der Waals surface area contributed by atoms with Crippen molar-refractivity contribution in [2.24, 2.45) is 5.73 Å². The molecule has 2 aromatic rings. The molecule has 6 heteroatoms. The number of carbonyl (C=O) groups is 2. The minimum Gasteiger partial charge on any atom is -0.457 e. The molecule has 0 fully saturated rings. The Hall–Kier alpha value is -2.53. The Morgan fingerprint density at radius 3 is 2.52 bits per heavy atom. The first-order valence-electron chi connectivity index (χ1n) is 6.09. The van der Waals surface area contributed by atoms with Crippen molar-refractivity contribution in [1.82, 2.24) is 0 Å². The van der Waals surface area contributed by atoms with Crippen molar-refractivity contribution in [3.63, 3.8) is 0 Å². The maximum absolute atomic E-state index is 12.0. The van der Waals surface area contributed by atoms with E-state index in [2.05, 4.69) is 0 Å². The van der Waals surface area contributed by atoms with Gasteiger partial charge < -0.3 is 16.2 Å². The molecular weight excluding hydrogens is 292 g/mol. The van der Waals surface area contributed by atoms with E-state index >= 15 is 0 Å². The quantitative estimate of drug-likeness (QED) is 0.669. The minimum absolute atomic E-state index is 0.0803. The lowest BCUT2D eigenvalue weighted by molar-refractivity contribution is 0.0471. The van der Waals surface area contributed by atoms with E-state index in [1.165, 1.54) is 12.1 Å². The molecule has 0 atom stereocenters. The summed E-state index contributed by atoms with van der Waals surface area (Å²) < 4.78 is 5.15. The van der Waals surface area contributed by atoms with E-state index in [1.54, 1.807) is 30.3 Å². The summed E-state index contributed by atoms with van der Waals surface area (Å²) in [4.78, 5) is 23.3. The van der Waals surface area contributed by atoms with E-state index in [9.17, 15) is 9.59 Å². The van der Waals surface area contributed by atoms with Crippen molar-refractivity contribution in [3.8, 4) is 0 Å². The van der Waals surface area contributed by atoms with Gasteiger partial charge >= 0.3 is 5.97 Å². The molecule has 0 aliphatic rings. The van der Waals surface area contributed by atoms with E-state index in [0.717, 1.165) is 0 Å². The number of benzene rings is 2. The SMILES string of the molecule is NC(=O)c1ccccc1COC(=O)c1cc(N)ccc1Cl. The number of esters is 1. The fourth-order valence-electron chi connectivity index (χ4n) is 1.81. The van der Waals surface area contributed by atoms with E-state index in [0.29, 0.717) is 16.8 Å². The number of amides is 1. The molecule has 0 aliphatic heterocycles. The Balaban J connectivity index is 2.15. The minimum atomic E-state index is -0.619. The first kappa shape index (κ1) is 14.9. The number of hydrogen-bond acceptors (Lipinski definition) is 4. The number of halogens is 1. The fraction of sp³-hybridized carbons (Fsp3) is 0.0667. The van der Waals surface area contributed by atoms with Crippen LogP contribution in [0.25, 0.3) is 0 Å². The molecule has 0 unspecified atom stereocenters. The molecule has 0 bridgehead atoms. The maximum atomic E-state index is 12.0. The smallest absolute Gasteiger partial charge is 0.340 e. The number of carbonyl (C=O) groups excluding carboxylic acids is 2. The predicted molar refractivity (Wildman–Crippen MR) is 79.9 cm³/mol. The van der Waals surface area contributed by atoms with Crippen molar-refractivity contribution in [1.29, 1.82) is 0 Å². The average Bonchev–Trinajstić information content (AvgIpc) is 2.47. The van der Waals surface area contributed by atoms with Gasteiger partial charge in [0.05, 0.1) is 10.6 Å². The Kier molecular flexibility index (Phi) is 4.45. The number of hydrogen-bond donors (Lipinski definition) is 2. The summed E-state index contributed by atoms with van der Waals surface area (Å²) in [5, 5.41) is 0.248. The van der Waals surface area contributed by atoms with Gasteiger partial charge in [0.25, 0.3) is 0 Å². The number of ether oxygens (including phenoxy) is 1. The van der Waals surface area contributed by atoms with Crippen LogP contribution in [0.2, 0.25) is 5.02 Å². The van der Waals surface area contributed by atoms with Gasteiger partial charge in [0.2, 0.25) is 5.91 Å². The van der Waals surface area contributed by atoms with Crippen LogP contribution >= 0.6 is 11.6 Å². The second kappa shape index (κ2) is 6.28. The van der Waals surface area contributed by atoms with Crippen LogP contribution in [0.15, 0.2) is 42.5 Å².